The molecule has 3 nitrogen and oxygen atoms in total. The van der Waals surface area contributed by atoms with Crippen molar-refractivity contribution in [2.24, 2.45) is 0 Å². The number of halogens is 2. The lowest BCUT2D eigenvalue weighted by Gasteiger charge is -2.28. The van der Waals surface area contributed by atoms with Crippen molar-refractivity contribution in [3.63, 3.8) is 0 Å². The molecule has 0 radical (unpaired) electrons. The highest BCUT2D eigenvalue weighted by molar-refractivity contribution is 6.37. The van der Waals surface area contributed by atoms with Crippen molar-refractivity contribution in [2.45, 2.75) is 31.3 Å². The average molecular weight is 318 g/mol. The Labute approximate surface area is 130 Å². The van der Waals surface area contributed by atoms with Gasteiger partial charge in [0.15, 0.2) is 5.75 Å². The first-order valence-electron chi connectivity index (χ1n) is 6.98. The zero-order chi connectivity index (χ0) is 14.6. The Hall–Kier alpha value is -0.480. The van der Waals surface area contributed by atoms with Gasteiger partial charge in [-0.05, 0) is 32.0 Å². The molecule has 1 N–H and O–H groups in total. The quantitative estimate of drug-likeness (QED) is 0.870. The molecule has 0 amide bonds. The van der Waals surface area contributed by atoms with Crippen LogP contribution in [0, 0.1) is 0 Å². The van der Waals surface area contributed by atoms with Crippen LogP contribution < -0.4 is 4.74 Å². The highest BCUT2D eigenvalue weighted by atomic mass is 35.5. The van der Waals surface area contributed by atoms with Crippen molar-refractivity contribution in [2.75, 3.05) is 26.7 Å². The number of hydrogen-bond acceptors (Lipinski definition) is 3. The van der Waals surface area contributed by atoms with Gasteiger partial charge in [-0.25, -0.2) is 0 Å². The number of hydrogen-bond donors (Lipinski definition) is 1. The predicted molar refractivity (Wildman–Crippen MR) is 82.9 cm³/mol. The third kappa shape index (κ3) is 4.26. The molecule has 0 bridgehead atoms. The van der Waals surface area contributed by atoms with Gasteiger partial charge >= 0.3 is 0 Å². The normalized spacial score (nSPS) is 17.6. The number of para-hydroxylation sites is 1. The maximum atomic E-state index is 10.3. The van der Waals surface area contributed by atoms with Gasteiger partial charge in [-0.3, -0.25) is 0 Å². The van der Waals surface area contributed by atoms with Crippen molar-refractivity contribution >= 4 is 23.2 Å². The zero-order valence-corrected chi connectivity index (χ0v) is 13.3. The van der Waals surface area contributed by atoms with Crippen molar-refractivity contribution in [1.82, 2.24) is 4.90 Å². The summed E-state index contributed by atoms with van der Waals surface area (Å²) in [6.45, 7) is 1.91. The molecule has 1 aromatic rings. The fourth-order valence-corrected chi connectivity index (χ4v) is 3.20. The smallest absolute Gasteiger partial charge is 0.156 e. The third-order valence-corrected chi connectivity index (χ3v) is 4.33. The summed E-state index contributed by atoms with van der Waals surface area (Å²) in [5.74, 6) is 0.531. The van der Waals surface area contributed by atoms with Crippen LogP contribution in [0.2, 0.25) is 10.0 Å². The van der Waals surface area contributed by atoms with Gasteiger partial charge < -0.3 is 14.7 Å². The molecule has 1 aromatic carbocycles. The molecule has 0 atom stereocenters. The Morgan fingerprint density at radius 1 is 1.25 bits per heavy atom. The maximum Gasteiger partial charge on any atom is 0.156 e. The van der Waals surface area contributed by atoms with Gasteiger partial charge in [-0.1, -0.05) is 42.1 Å². The Bertz CT molecular complexity index is 427. The van der Waals surface area contributed by atoms with Crippen LogP contribution >= 0.6 is 23.2 Å². The van der Waals surface area contributed by atoms with Crippen molar-refractivity contribution in [1.29, 1.82) is 0 Å². The van der Waals surface area contributed by atoms with E-state index in [2.05, 4.69) is 4.90 Å². The lowest BCUT2D eigenvalue weighted by molar-refractivity contribution is 0.0139. The van der Waals surface area contributed by atoms with Gasteiger partial charge in [-0.15, -0.1) is 0 Å². The van der Waals surface area contributed by atoms with Crippen molar-refractivity contribution in [3.05, 3.63) is 28.2 Å². The number of aliphatic hydroxyl groups is 1. The number of benzene rings is 1. The molecule has 20 heavy (non-hydrogen) atoms. The van der Waals surface area contributed by atoms with E-state index in [9.17, 15) is 5.11 Å². The third-order valence-electron chi connectivity index (χ3n) is 3.74. The van der Waals surface area contributed by atoms with Crippen LogP contribution in [-0.2, 0) is 0 Å². The van der Waals surface area contributed by atoms with Crippen LogP contribution in [0.25, 0.3) is 0 Å². The van der Waals surface area contributed by atoms with Gasteiger partial charge in [0.1, 0.15) is 6.61 Å². The lowest BCUT2D eigenvalue weighted by atomic mass is 10.0. The molecule has 0 aromatic heterocycles. The molecule has 0 aliphatic heterocycles. The van der Waals surface area contributed by atoms with E-state index < -0.39 is 5.60 Å². The minimum atomic E-state index is -0.517. The topological polar surface area (TPSA) is 32.7 Å². The number of rotatable bonds is 6. The second kappa shape index (κ2) is 6.99. The number of likely N-dealkylation sites (N-methyl/N-ethyl adjacent to an activating group) is 1. The van der Waals surface area contributed by atoms with E-state index in [4.69, 9.17) is 27.9 Å². The summed E-state index contributed by atoms with van der Waals surface area (Å²) in [7, 11) is 1.99. The number of ether oxygens (including phenoxy) is 1. The zero-order valence-electron chi connectivity index (χ0n) is 11.7. The van der Waals surface area contributed by atoms with E-state index in [1.54, 1.807) is 18.2 Å². The van der Waals surface area contributed by atoms with Crippen LogP contribution in [0.1, 0.15) is 25.7 Å². The van der Waals surface area contributed by atoms with Crippen LogP contribution in [0.5, 0.6) is 5.75 Å². The standard InChI is InChI=1S/C15H21Cl2NO2/c1-18(11-15(19)7-2-3-8-15)9-10-20-14-12(16)5-4-6-13(14)17/h4-6,19H,2-3,7-11H2,1H3. The average Bonchev–Trinajstić information content (AvgIpc) is 2.79. The van der Waals surface area contributed by atoms with E-state index >= 15 is 0 Å². The Morgan fingerprint density at radius 3 is 2.45 bits per heavy atom. The summed E-state index contributed by atoms with van der Waals surface area (Å²) in [5.41, 5.74) is -0.517. The van der Waals surface area contributed by atoms with Gasteiger partial charge in [0.05, 0.1) is 15.6 Å². The minimum absolute atomic E-state index is 0.496. The van der Waals surface area contributed by atoms with E-state index in [-0.39, 0.29) is 0 Å². The summed E-state index contributed by atoms with van der Waals surface area (Å²) < 4.78 is 5.65. The molecular formula is C15H21Cl2NO2. The molecule has 5 heteroatoms. The first-order valence-corrected chi connectivity index (χ1v) is 7.73. The van der Waals surface area contributed by atoms with Crippen LogP contribution in [0.15, 0.2) is 18.2 Å². The van der Waals surface area contributed by atoms with E-state index in [0.29, 0.717) is 28.9 Å². The molecule has 1 aliphatic carbocycles. The summed E-state index contributed by atoms with van der Waals surface area (Å²) in [6.07, 6.45) is 4.04. The molecule has 0 unspecified atom stereocenters. The predicted octanol–water partition coefficient (Wildman–Crippen LogP) is 3.61. The second-order valence-corrected chi connectivity index (χ2v) is 6.38. The minimum Gasteiger partial charge on any atom is -0.489 e. The molecule has 112 valence electrons. The van der Waals surface area contributed by atoms with Gasteiger partial charge in [0.2, 0.25) is 0 Å². The largest absolute Gasteiger partial charge is 0.489 e. The number of nitrogens with zero attached hydrogens (tertiary/aromatic N) is 1. The lowest BCUT2D eigenvalue weighted by Crippen LogP contribution is -2.40. The van der Waals surface area contributed by atoms with Crippen molar-refractivity contribution in [3.8, 4) is 5.75 Å². The Kier molecular flexibility index (Phi) is 5.56. The summed E-state index contributed by atoms with van der Waals surface area (Å²) in [4.78, 5) is 2.09. The van der Waals surface area contributed by atoms with E-state index in [1.165, 1.54) is 0 Å². The Morgan fingerprint density at radius 2 is 1.85 bits per heavy atom. The molecule has 0 heterocycles. The van der Waals surface area contributed by atoms with Gasteiger partial charge in [-0.2, -0.15) is 0 Å². The monoisotopic (exact) mass is 317 g/mol. The fourth-order valence-electron chi connectivity index (χ4n) is 2.70. The van der Waals surface area contributed by atoms with Crippen LogP contribution in [0.3, 0.4) is 0 Å². The fraction of sp³-hybridized carbons (Fsp3) is 0.600. The SMILES string of the molecule is CN(CCOc1c(Cl)cccc1Cl)CC1(O)CCCC1. The first kappa shape index (κ1) is 15.9. The van der Waals surface area contributed by atoms with E-state index in [0.717, 1.165) is 32.2 Å². The van der Waals surface area contributed by atoms with Crippen molar-refractivity contribution < 1.29 is 9.84 Å². The molecular weight excluding hydrogens is 297 g/mol. The van der Waals surface area contributed by atoms with Gasteiger partial charge in [0.25, 0.3) is 0 Å². The first-order chi connectivity index (χ1) is 9.50. The molecule has 0 saturated heterocycles. The molecule has 1 saturated carbocycles. The second-order valence-electron chi connectivity index (χ2n) is 5.57. The van der Waals surface area contributed by atoms with Crippen LogP contribution in [-0.4, -0.2) is 42.4 Å². The summed E-state index contributed by atoms with van der Waals surface area (Å²) in [5, 5.41) is 11.4. The molecule has 1 fully saturated rings. The Balaban J connectivity index is 1.78. The highest BCUT2D eigenvalue weighted by Gasteiger charge is 2.31. The molecule has 0 spiro atoms. The summed E-state index contributed by atoms with van der Waals surface area (Å²) in [6, 6.07) is 5.31. The van der Waals surface area contributed by atoms with Crippen LogP contribution in [0.4, 0.5) is 0 Å². The molecule has 2 rings (SSSR count). The highest BCUT2D eigenvalue weighted by Crippen LogP contribution is 2.32. The van der Waals surface area contributed by atoms with E-state index in [1.807, 2.05) is 7.05 Å². The van der Waals surface area contributed by atoms with Gasteiger partial charge in [0, 0.05) is 13.1 Å². The maximum absolute atomic E-state index is 10.3. The summed E-state index contributed by atoms with van der Waals surface area (Å²) >= 11 is 12.1. The molecule has 1 aliphatic rings.